The number of anilines is 1. The first kappa shape index (κ1) is 15.1. The Bertz CT molecular complexity index is 927. The van der Waals surface area contributed by atoms with Crippen LogP contribution in [-0.2, 0) is 0 Å². The van der Waals surface area contributed by atoms with Gasteiger partial charge in [0.2, 0.25) is 0 Å². The summed E-state index contributed by atoms with van der Waals surface area (Å²) >= 11 is 3.35. The highest BCUT2D eigenvalue weighted by atomic mass is 79.9. The molecule has 7 heteroatoms. The maximum Gasteiger partial charge on any atom is 0.282 e. The minimum absolute atomic E-state index is 0.00612. The number of amides is 1. The Hall–Kier alpha value is -2.80. The van der Waals surface area contributed by atoms with E-state index in [1.54, 1.807) is 24.4 Å². The zero-order chi connectivity index (χ0) is 16.4. The van der Waals surface area contributed by atoms with Crippen molar-refractivity contribution in [2.24, 2.45) is 0 Å². The molecule has 2 aromatic carbocycles. The number of pyridine rings is 1. The van der Waals surface area contributed by atoms with Crippen LogP contribution in [0.2, 0.25) is 0 Å². The minimum Gasteiger partial charge on any atom is -0.320 e. The lowest BCUT2D eigenvalue weighted by atomic mass is 10.1. The van der Waals surface area contributed by atoms with E-state index in [-0.39, 0.29) is 11.3 Å². The molecule has 1 N–H and O–H groups in total. The number of nitro benzene ring substituents is 1. The minimum atomic E-state index is -0.576. The first-order valence-electron chi connectivity index (χ1n) is 6.65. The summed E-state index contributed by atoms with van der Waals surface area (Å²) in [5.41, 5.74) is 0.883. The first-order chi connectivity index (χ1) is 11.1. The molecule has 3 aromatic rings. The number of hydrogen-bond acceptors (Lipinski definition) is 4. The maximum atomic E-state index is 12.4. The molecule has 0 aliphatic heterocycles. The molecule has 0 radical (unpaired) electrons. The second-order valence-electron chi connectivity index (χ2n) is 4.76. The molecule has 0 saturated heterocycles. The summed E-state index contributed by atoms with van der Waals surface area (Å²) in [6.45, 7) is 0. The third-order valence-electron chi connectivity index (χ3n) is 3.27. The van der Waals surface area contributed by atoms with Gasteiger partial charge in [0.1, 0.15) is 5.56 Å². The number of benzene rings is 2. The van der Waals surface area contributed by atoms with Gasteiger partial charge >= 0.3 is 0 Å². The third kappa shape index (κ3) is 3.04. The highest BCUT2D eigenvalue weighted by Gasteiger charge is 2.19. The van der Waals surface area contributed by atoms with Gasteiger partial charge in [-0.3, -0.25) is 19.9 Å². The molecule has 3 rings (SSSR count). The van der Waals surface area contributed by atoms with Crippen molar-refractivity contribution in [3.05, 3.63) is 74.9 Å². The zero-order valence-electron chi connectivity index (χ0n) is 11.7. The Morgan fingerprint density at radius 3 is 2.74 bits per heavy atom. The smallest absolute Gasteiger partial charge is 0.282 e. The van der Waals surface area contributed by atoms with Crippen LogP contribution in [0.4, 0.5) is 11.4 Å². The topological polar surface area (TPSA) is 85.1 Å². The summed E-state index contributed by atoms with van der Waals surface area (Å²) in [4.78, 5) is 27.1. The Morgan fingerprint density at radius 2 is 1.96 bits per heavy atom. The maximum absolute atomic E-state index is 12.4. The Balaban J connectivity index is 2.00. The molecule has 0 atom stereocenters. The Labute approximate surface area is 139 Å². The quantitative estimate of drug-likeness (QED) is 0.553. The molecule has 0 aliphatic carbocycles. The van der Waals surface area contributed by atoms with Gasteiger partial charge in [0, 0.05) is 22.1 Å². The van der Waals surface area contributed by atoms with Crippen LogP contribution in [0.25, 0.3) is 10.9 Å². The number of para-hydroxylation sites is 2. The standard InChI is InChI=1S/C16H10BrN3O3/c17-11-8-10-4-3-6-13(15(10)18-9-11)19-16(21)12-5-1-2-7-14(12)20(22)23/h1-9H,(H,19,21). The second-order valence-corrected chi connectivity index (χ2v) is 5.67. The molecule has 1 amide bonds. The van der Waals surface area contributed by atoms with Crippen molar-refractivity contribution < 1.29 is 9.72 Å². The average Bonchev–Trinajstić information content (AvgIpc) is 2.54. The van der Waals surface area contributed by atoms with Crippen LogP contribution in [0.5, 0.6) is 0 Å². The van der Waals surface area contributed by atoms with E-state index >= 15 is 0 Å². The molecule has 0 fully saturated rings. The molecule has 0 unspecified atom stereocenters. The van der Waals surface area contributed by atoms with E-state index in [1.165, 1.54) is 18.2 Å². The predicted molar refractivity (Wildman–Crippen MR) is 90.5 cm³/mol. The van der Waals surface area contributed by atoms with Crippen LogP contribution in [0, 0.1) is 10.1 Å². The monoisotopic (exact) mass is 371 g/mol. The van der Waals surface area contributed by atoms with E-state index in [4.69, 9.17) is 0 Å². The van der Waals surface area contributed by atoms with Crippen LogP contribution in [0.3, 0.4) is 0 Å². The van der Waals surface area contributed by atoms with Gasteiger partial charge in [-0.25, -0.2) is 0 Å². The van der Waals surface area contributed by atoms with E-state index in [0.717, 1.165) is 9.86 Å². The highest BCUT2D eigenvalue weighted by Crippen LogP contribution is 2.25. The highest BCUT2D eigenvalue weighted by molar-refractivity contribution is 9.10. The summed E-state index contributed by atoms with van der Waals surface area (Å²) in [6.07, 6.45) is 1.63. The van der Waals surface area contributed by atoms with Gasteiger partial charge in [0.25, 0.3) is 11.6 Å². The summed E-state index contributed by atoms with van der Waals surface area (Å²) in [5.74, 6) is -0.547. The molecule has 0 spiro atoms. The SMILES string of the molecule is O=C(Nc1cccc2cc(Br)cnc12)c1ccccc1[N+](=O)[O-]. The molecule has 0 saturated carbocycles. The summed E-state index contributed by atoms with van der Waals surface area (Å²) in [6, 6.07) is 13.1. The van der Waals surface area contributed by atoms with E-state index in [2.05, 4.69) is 26.2 Å². The van der Waals surface area contributed by atoms with Crippen molar-refractivity contribution in [2.75, 3.05) is 5.32 Å². The fraction of sp³-hybridized carbons (Fsp3) is 0. The van der Waals surface area contributed by atoms with Crippen molar-refractivity contribution in [1.82, 2.24) is 4.98 Å². The van der Waals surface area contributed by atoms with Crippen molar-refractivity contribution in [1.29, 1.82) is 0 Å². The van der Waals surface area contributed by atoms with E-state index in [1.807, 2.05) is 12.1 Å². The number of aromatic nitrogens is 1. The van der Waals surface area contributed by atoms with Gasteiger partial charge in [-0.1, -0.05) is 24.3 Å². The molecule has 0 bridgehead atoms. The van der Waals surface area contributed by atoms with E-state index in [0.29, 0.717) is 11.2 Å². The third-order valence-corrected chi connectivity index (χ3v) is 3.70. The van der Waals surface area contributed by atoms with Gasteiger partial charge in [0.15, 0.2) is 0 Å². The number of fused-ring (bicyclic) bond motifs is 1. The molecule has 6 nitrogen and oxygen atoms in total. The fourth-order valence-electron chi connectivity index (χ4n) is 2.25. The lowest BCUT2D eigenvalue weighted by molar-refractivity contribution is -0.385. The van der Waals surface area contributed by atoms with Gasteiger partial charge in [-0.05, 0) is 34.1 Å². The van der Waals surface area contributed by atoms with Crippen molar-refractivity contribution in [3.8, 4) is 0 Å². The number of nitrogens with zero attached hydrogens (tertiary/aromatic N) is 2. The number of carbonyl (C=O) groups is 1. The lowest BCUT2D eigenvalue weighted by Gasteiger charge is -2.08. The van der Waals surface area contributed by atoms with Crippen LogP contribution < -0.4 is 5.32 Å². The number of hydrogen-bond donors (Lipinski definition) is 1. The first-order valence-corrected chi connectivity index (χ1v) is 7.44. The summed E-state index contributed by atoms with van der Waals surface area (Å²) in [7, 11) is 0. The molecular weight excluding hydrogens is 362 g/mol. The van der Waals surface area contributed by atoms with E-state index in [9.17, 15) is 14.9 Å². The number of nitrogens with one attached hydrogen (secondary N) is 1. The van der Waals surface area contributed by atoms with Crippen LogP contribution >= 0.6 is 15.9 Å². The second kappa shape index (κ2) is 6.13. The normalized spacial score (nSPS) is 10.5. The molecular formula is C16H10BrN3O3. The Morgan fingerprint density at radius 1 is 1.17 bits per heavy atom. The van der Waals surface area contributed by atoms with Crippen LogP contribution in [0.1, 0.15) is 10.4 Å². The number of halogens is 1. The predicted octanol–water partition coefficient (Wildman–Crippen LogP) is 4.16. The summed E-state index contributed by atoms with van der Waals surface area (Å²) < 4.78 is 0.826. The van der Waals surface area contributed by atoms with Gasteiger partial charge in [-0.15, -0.1) is 0 Å². The number of carbonyl (C=O) groups excluding carboxylic acids is 1. The van der Waals surface area contributed by atoms with Gasteiger partial charge in [0.05, 0.1) is 16.1 Å². The van der Waals surface area contributed by atoms with Crippen molar-refractivity contribution in [2.45, 2.75) is 0 Å². The van der Waals surface area contributed by atoms with Crippen LogP contribution in [0.15, 0.2) is 59.2 Å². The molecule has 114 valence electrons. The van der Waals surface area contributed by atoms with Gasteiger partial charge in [-0.2, -0.15) is 0 Å². The number of rotatable bonds is 3. The van der Waals surface area contributed by atoms with Crippen molar-refractivity contribution in [3.63, 3.8) is 0 Å². The molecule has 23 heavy (non-hydrogen) atoms. The van der Waals surface area contributed by atoms with Gasteiger partial charge < -0.3 is 5.32 Å². The largest absolute Gasteiger partial charge is 0.320 e. The lowest BCUT2D eigenvalue weighted by Crippen LogP contribution is -2.14. The van der Waals surface area contributed by atoms with E-state index < -0.39 is 10.8 Å². The average molecular weight is 372 g/mol. The fourth-order valence-corrected chi connectivity index (χ4v) is 2.60. The molecule has 1 heterocycles. The molecule has 1 aromatic heterocycles. The van der Waals surface area contributed by atoms with Crippen molar-refractivity contribution >= 4 is 44.1 Å². The van der Waals surface area contributed by atoms with Crippen LogP contribution in [-0.4, -0.2) is 15.8 Å². The number of nitro groups is 1. The molecule has 0 aliphatic rings. The zero-order valence-corrected chi connectivity index (χ0v) is 13.3. The Kier molecular flexibility index (Phi) is 4.03. The summed E-state index contributed by atoms with van der Waals surface area (Å²) in [5, 5.41) is 14.6.